The zero-order chi connectivity index (χ0) is 26.9. The van der Waals surface area contributed by atoms with E-state index in [0.717, 1.165) is 31.2 Å². The second kappa shape index (κ2) is 13.6. The Morgan fingerprint density at radius 3 is 2.18 bits per heavy atom. The fourth-order valence-corrected chi connectivity index (χ4v) is 4.58. The van der Waals surface area contributed by atoms with E-state index >= 15 is 0 Å². The average molecular weight is 525 g/mol. The van der Waals surface area contributed by atoms with Crippen molar-refractivity contribution in [2.24, 2.45) is 5.92 Å². The Balaban J connectivity index is 1.41. The first-order chi connectivity index (χ1) is 18.5. The van der Waals surface area contributed by atoms with Gasteiger partial charge in [0.05, 0.1) is 19.8 Å². The molecule has 0 aromatic heterocycles. The summed E-state index contributed by atoms with van der Waals surface area (Å²) in [6.45, 7) is 5.39. The van der Waals surface area contributed by atoms with Crippen molar-refractivity contribution in [2.45, 2.75) is 52.2 Å². The summed E-state index contributed by atoms with van der Waals surface area (Å²) in [7, 11) is 0. The highest BCUT2D eigenvalue weighted by atomic mass is 19.2. The molecule has 0 atom stereocenters. The molecule has 3 aromatic rings. The van der Waals surface area contributed by atoms with Gasteiger partial charge >= 0.3 is 0 Å². The first kappa shape index (κ1) is 27.9. The number of ether oxygens (including phenoxy) is 3. The molecule has 202 valence electrons. The van der Waals surface area contributed by atoms with Gasteiger partial charge < -0.3 is 14.2 Å². The number of allylic oxidation sites excluding steroid dienone is 1. The second-order valence-electron chi connectivity index (χ2n) is 9.60. The molecule has 0 saturated carbocycles. The maximum absolute atomic E-state index is 14.9. The Hall–Kier alpha value is -3.09. The van der Waals surface area contributed by atoms with Gasteiger partial charge in [-0.3, -0.25) is 0 Å². The van der Waals surface area contributed by atoms with Crippen LogP contribution in [0.4, 0.5) is 13.2 Å². The summed E-state index contributed by atoms with van der Waals surface area (Å²) in [5.41, 5.74) is 2.43. The summed E-state index contributed by atoms with van der Waals surface area (Å²) in [5.74, 6) is -2.26. The lowest BCUT2D eigenvalue weighted by Gasteiger charge is -2.28. The van der Waals surface area contributed by atoms with Gasteiger partial charge in [0.1, 0.15) is 5.82 Å². The first-order valence-electron chi connectivity index (χ1n) is 13.4. The summed E-state index contributed by atoms with van der Waals surface area (Å²) >= 11 is 0. The number of hydrogen-bond donors (Lipinski definition) is 0. The van der Waals surface area contributed by atoms with Crippen LogP contribution in [0.1, 0.15) is 57.8 Å². The lowest BCUT2D eigenvalue weighted by atomic mass is 9.98. The van der Waals surface area contributed by atoms with Crippen LogP contribution in [0, 0.1) is 23.4 Å². The molecule has 1 fully saturated rings. The molecule has 0 spiro atoms. The largest absolute Gasteiger partial charge is 0.490 e. The monoisotopic (exact) mass is 524 g/mol. The third kappa shape index (κ3) is 6.86. The molecule has 38 heavy (non-hydrogen) atoms. The summed E-state index contributed by atoms with van der Waals surface area (Å²) in [5, 5.41) is 0. The zero-order valence-corrected chi connectivity index (χ0v) is 22.0. The molecule has 0 bridgehead atoms. The normalized spacial score (nSPS) is 17.7. The standard InChI is InChI=1S/C32H35F3O3/c1-3-5-6-7-8-18-36-29-17-16-26(30(34)31(29)35)24-12-10-23(11-13-24)25-14-15-27(28(33)19-25)32-37-20-22(9-4-2)21-38-32/h4,9-17,19,22,32H,3,5-8,18,20-21H2,1-2H3. The molecular weight excluding hydrogens is 489 g/mol. The molecule has 0 N–H and O–H groups in total. The summed E-state index contributed by atoms with van der Waals surface area (Å²) in [6, 6.07) is 14.8. The minimum atomic E-state index is -0.984. The minimum Gasteiger partial charge on any atom is -0.490 e. The van der Waals surface area contributed by atoms with Crippen LogP contribution in [0.25, 0.3) is 22.3 Å². The SMILES string of the molecule is CC=CC1COC(c2ccc(-c3ccc(-c4ccc(OCCCCCCC)c(F)c4F)cc3)cc2F)OC1. The van der Waals surface area contributed by atoms with E-state index in [4.69, 9.17) is 14.2 Å². The van der Waals surface area contributed by atoms with Gasteiger partial charge in [-0.1, -0.05) is 81.2 Å². The Labute approximate surface area is 223 Å². The van der Waals surface area contributed by atoms with Crippen molar-refractivity contribution in [3.05, 3.63) is 89.8 Å². The van der Waals surface area contributed by atoms with E-state index in [-0.39, 0.29) is 17.2 Å². The molecule has 1 aliphatic heterocycles. The van der Waals surface area contributed by atoms with Crippen LogP contribution in [0.5, 0.6) is 5.75 Å². The summed E-state index contributed by atoms with van der Waals surface area (Å²) in [6.07, 6.45) is 8.47. The van der Waals surface area contributed by atoms with Crippen LogP contribution < -0.4 is 4.74 Å². The number of halogens is 3. The molecule has 4 rings (SSSR count). The highest BCUT2D eigenvalue weighted by Crippen LogP contribution is 2.33. The van der Waals surface area contributed by atoms with E-state index in [1.165, 1.54) is 24.6 Å². The van der Waals surface area contributed by atoms with Crippen molar-refractivity contribution in [3.8, 4) is 28.0 Å². The van der Waals surface area contributed by atoms with Crippen molar-refractivity contribution >= 4 is 0 Å². The van der Waals surface area contributed by atoms with E-state index in [1.54, 1.807) is 36.4 Å². The molecule has 3 nitrogen and oxygen atoms in total. The Bertz CT molecular complexity index is 1220. The lowest BCUT2D eigenvalue weighted by molar-refractivity contribution is -0.198. The quantitative estimate of drug-likeness (QED) is 0.185. The fourth-order valence-electron chi connectivity index (χ4n) is 4.58. The Kier molecular flexibility index (Phi) is 10.0. The van der Waals surface area contributed by atoms with E-state index in [2.05, 4.69) is 6.92 Å². The van der Waals surface area contributed by atoms with E-state index < -0.39 is 23.7 Å². The van der Waals surface area contributed by atoms with E-state index in [0.29, 0.717) is 36.5 Å². The predicted molar refractivity (Wildman–Crippen MR) is 144 cm³/mol. The van der Waals surface area contributed by atoms with Crippen LogP contribution >= 0.6 is 0 Å². The average Bonchev–Trinajstić information content (AvgIpc) is 2.94. The fraction of sp³-hybridized carbons (Fsp3) is 0.375. The highest BCUT2D eigenvalue weighted by Gasteiger charge is 2.24. The van der Waals surface area contributed by atoms with Crippen LogP contribution in [0.3, 0.4) is 0 Å². The second-order valence-corrected chi connectivity index (χ2v) is 9.60. The van der Waals surface area contributed by atoms with Gasteiger partial charge in [0, 0.05) is 17.0 Å². The van der Waals surface area contributed by atoms with Gasteiger partial charge in [-0.15, -0.1) is 0 Å². The molecule has 6 heteroatoms. The topological polar surface area (TPSA) is 27.7 Å². The molecular formula is C32H35F3O3. The first-order valence-corrected chi connectivity index (χ1v) is 13.4. The van der Waals surface area contributed by atoms with Crippen LogP contribution in [0.2, 0.25) is 0 Å². The van der Waals surface area contributed by atoms with Crippen LogP contribution in [-0.4, -0.2) is 19.8 Å². The molecule has 1 aliphatic rings. The van der Waals surface area contributed by atoms with Crippen molar-refractivity contribution in [1.29, 1.82) is 0 Å². The van der Waals surface area contributed by atoms with Gasteiger partial charge in [-0.05, 0) is 48.2 Å². The van der Waals surface area contributed by atoms with E-state index in [1.807, 2.05) is 19.1 Å². The molecule has 0 unspecified atom stereocenters. The molecule has 0 aliphatic carbocycles. The summed E-state index contributed by atoms with van der Waals surface area (Å²) < 4.78 is 61.3. The molecule has 1 saturated heterocycles. The summed E-state index contributed by atoms with van der Waals surface area (Å²) in [4.78, 5) is 0. The third-order valence-electron chi connectivity index (χ3n) is 6.72. The van der Waals surface area contributed by atoms with Crippen LogP contribution in [-0.2, 0) is 9.47 Å². The van der Waals surface area contributed by atoms with Gasteiger partial charge in [0.2, 0.25) is 5.82 Å². The van der Waals surface area contributed by atoms with Crippen LogP contribution in [0.15, 0.2) is 66.7 Å². The number of rotatable bonds is 11. The highest BCUT2D eigenvalue weighted by molar-refractivity contribution is 5.71. The maximum atomic E-state index is 14.9. The minimum absolute atomic E-state index is 0.0720. The van der Waals surface area contributed by atoms with Crippen molar-refractivity contribution in [2.75, 3.05) is 19.8 Å². The molecule has 0 amide bonds. The van der Waals surface area contributed by atoms with Crippen molar-refractivity contribution < 1.29 is 27.4 Å². The van der Waals surface area contributed by atoms with Gasteiger partial charge in [-0.2, -0.15) is 4.39 Å². The molecule has 1 heterocycles. The molecule has 0 radical (unpaired) electrons. The maximum Gasteiger partial charge on any atom is 0.201 e. The van der Waals surface area contributed by atoms with E-state index in [9.17, 15) is 13.2 Å². The molecule has 3 aromatic carbocycles. The number of hydrogen-bond acceptors (Lipinski definition) is 3. The third-order valence-corrected chi connectivity index (χ3v) is 6.72. The smallest absolute Gasteiger partial charge is 0.201 e. The van der Waals surface area contributed by atoms with Gasteiger partial charge in [0.25, 0.3) is 0 Å². The van der Waals surface area contributed by atoms with Crippen molar-refractivity contribution in [3.63, 3.8) is 0 Å². The van der Waals surface area contributed by atoms with Crippen molar-refractivity contribution in [1.82, 2.24) is 0 Å². The predicted octanol–water partition coefficient (Wildman–Crippen LogP) is 9.02. The Morgan fingerprint density at radius 1 is 0.816 bits per heavy atom. The lowest BCUT2D eigenvalue weighted by Crippen LogP contribution is -2.26. The zero-order valence-electron chi connectivity index (χ0n) is 22.0. The van der Waals surface area contributed by atoms with Gasteiger partial charge in [-0.25, -0.2) is 8.78 Å². The number of unbranched alkanes of at least 4 members (excludes halogenated alkanes) is 4. The number of benzene rings is 3. The Morgan fingerprint density at radius 2 is 1.50 bits per heavy atom. The van der Waals surface area contributed by atoms with Gasteiger partial charge in [0.15, 0.2) is 17.9 Å².